The van der Waals surface area contributed by atoms with Gasteiger partial charge in [0.15, 0.2) is 0 Å². The van der Waals surface area contributed by atoms with Crippen molar-refractivity contribution < 1.29 is 27.2 Å². The topological polar surface area (TPSA) is 86.3 Å². The average Bonchev–Trinajstić information content (AvgIpc) is 3.31. The largest absolute Gasteiger partial charge is 0.471 e. The second-order valence-corrected chi connectivity index (χ2v) is 6.48. The number of rotatable bonds is 7. The first-order chi connectivity index (χ1) is 13.7. The van der Waals surface area contributed by atoms with E-state index < -0.39 is 18.0 Å². The van der Waals surface area contributed by atoms with Crippen molar-refractivity contribution in [3.63, 3.8) is 0 Å². The number of aromatic nitrogens is 4. The minimum Gasteiger partial charge on any atom is -0.461 e. The van der Waals surface area contributed by atoms with E-state index in [1.165, 1.54) is 6.20 Å². The fourth-order valence-electron chi connectivity index (χ4n) is 2.36. The number of likely N-dealkylation sites (N-methyl/N-ethyl adjacent to an activating group) is 1. The summed E-state index contributed by atoms with van der Waals surface area (Å²) in [5.74, 6) is -1.99. The molecule has 29 heavy (non-hydrogen) atoms. The molecule has 0 saturated heterocycles. The number of hydrogen-bond donors (Lipinski definition) is 0. The molecule has 0 aliphatic rings. The van der Waals surface area contributed by atoms with Crippen LogP contribution in [0.15, 0.2) is 41.2 Å². The van der Waals surface area contributed by atoms with Crippen LogP contribution in [-0.2, 0) is 17.5 Å². The Kier molecular flexibility index (Phi) is 5.97. The van der Waals surface area contributed by atoms with Gasteiger partial charge >= 0.3 is 18.0 Å². The molecule has 0 saturated carbocycles. The summed E-state index contributed by atoms with van der Waals surface area (Å²) in [6.45, 7) is 1.27. The van der Waals surface area contributed by atoms with Crippen LogP contribution >= 0.6 is 0 Å². The Balaban J connectivity index is 1.61. The van der Waals surface area contributed by atoms with Crippen LogP contribution in [0.3, 0.4) is 0 Å². The van der Waals surface area contributed by atoms with Crippen LogP contribution in [0.5, 0.6) is 0 Å². The molecule has 1 aromatic carbocycles. The van der Waals surface area contributed by atoms with Crippen molar-refractivity contribution in [2.24, 2.45) is 0 Å². The fourth-order valence-corrected chi connectivity index (χ4v) is 2.36. The van der Waals surface area contributed by atoms with Crippen molar-refractivity contribution in [3.05, 3.63) is 53.7 Å². The monoisotopic (exact) mass is 409 g/mol. The Morgan fingerprint density at radius 1 is 1.24 bits per heavy atom. The molecule has 0 unspecified atom stereocenters. The smallest absolute Gasteiger partial charge is 0.461 e. The minimum atomic E-state index is -4.68. The van der Waals surface area contributed by atoms with Crippen LogP contribution in [0, 0.1) is 0 Å². The Morgan fingerprint density at radius 3 is 2.59 bits per heavy atom. The molecular formula is C18H18F3N5O3. The highest BCUT2D eigenvalue weighted by molar-refractivity contribution is 5.88. The molecule has 0 spiro atoms. The first kappa shape index (κ1) is 20.5. The second kappa shape index (κ2) is 8.43. The van der Waals surface area contributed by atoms with E-state index in [0.29, 0.717) is 24.2 Å². The van der Waals surface area contributed by atoms with Crippen LogP contribution in [-0.4, -0.2) is 58.0 Å². The van der Waals surface area contributed by atoms with Gasteiger partial charge in [0, 0.05) is 18.3 Å². The number of halogens is 3. The predicted molar refractivity (Wildman–Crippen MR) is 94.9 cm³/mol. The molecule has 0 fully saturated rings. The zero-order valence-corrected chi connectivity index (χ0v) is 15.7. The van der Waals surface area contributed by atoms with E-state index in [1.54, 1.807) is 35.1 Å². The molecule has 11 heteroatoms. The normalized spacial score (nSPS) is 11.8. The van der Waals surface area contributed by atoms with Crippen LogP contribution in [0.25, 0.3) is 11.4 Å². The summed E-state index contributed by atoms with van der Waals surface area (Å²) < 4.78 is 48.6. The van der Waals surface area contributed by atoms with E-state index in [4.69, 9.17) is 4.74 Å². The number of nitrogens with zero attached hydrogens (tertiary/aromatic N) is 5. The summed E-state index contributed by atoms with van der Waals surface area (Å²) in [4.78, 5) is 17.2. The number of carbonyl (C=O) groups is 1. The third-order valence-corrected chi connectivity index (χ3v) is 3.87. The van der Waals surface area contributed by atoms with Crippen LogP contribution < -0.4 is 0 Å². The molecule has 2 aromatic heterocycles. The fraction of sp³-hybridized carbons (Fsp3) is 0.333. The molecular weight excluding hydrogens is 391 g/mol. The lowest BCUT2D eigenvalue weighted by molar-refractivity contribution is -0.159. The third kappa shape index (κ3) is 5.41. The van der Waals surface area contributed by atoms with Crippen LogP contribution in [0.4, 0.5) is 13.2 Å². The van der Waals surface area contributed by atoms with Gasteiger partial charge in [0.2, 0.25) is 5.82 Å². The number of esters is 1. The zero-order valence-electron chi connectivity index (χ0n) is 15.7. The van der Waals surface area contributed by atoms with E-state index >= 15 is 0 Å². The molecule has 8 nitrogen and oxygen atoms in total. The lowest BCUT2D eigenvalue weighted by Gasteiger charge is -2.09. The number of benzene rings is 1. The molecule has 2 heterocycles. The van der Waals surface area contributed by atoms with E-state index in [1.807, 2.05) is 19.0 Å². The second-order valence-electron chi connectivity index (χ2n) is 6.48. The van der Waals surface area contributed by atoms with Gasteiger partial charge in [0.25, 0.3) is 0 Å². The van der Waals surface area contributed by atoms with Crippen molar-refractivity contribution in [2.45, 2.75) is 12.7 Å². The van der Waals surface area contributed by atoms with Gasteiger partial charge in [0.1, 0.15) is 6.61 Å². The van der Waals surface area contributed by atoms with Gasteiger partial charge in [-0.1, -0.05) is 29.4 Å². The van der Waals surface area contributed by atoms with Gasteiger partial charge in [-0.15, -0.1) is 0 Å². The SMILES string of the molecule is CN(C)CCOC(=O)c1cnn(Cc2ccc(-c3noc(C(F)(F)F)n3)cc2)c1. The molecule has 0 amide bonds. The highest BCUT2D eigenvalue weighted by Crippen LogP contribution is 2.29. The van der Waals surface area contributed by atoms with Gasteiger partial charge in [-0.2, -0.15) is 23.3 Å². The molecule has 154 valence electrons. The van der Waals surface area contributed by atoms with Crippen molar-refractivity contribution in [1.82, 2.24) is 24.8 Å². The van der Waals surface area contributed by atoms with Crippen LogP contribution in [0.1, 0.15) is 21.8 Å². The van der Waals surface area contributed by atoms with Crippen molar-refractivity contribution in [3.8, 4) is 11.4 Å². The average molecular weight is 409 g/mol. The lowest BCUT2D eigenvalue weighted by atomic mass is 10.1. The number of hydrogen-bond acceptors (Lipinski definition) is 7. The Bertz CT molecular complexity index is 964. The molecule has 0 atom stereocenters. The molecule has 0 aliphatic heterocycles. The molecule has 0 radical (unpaired) electrons. The molecule has 0 aliphatic carbocycles. The maximum atomic E-state index is 12.5. The summed E-state index contributed by atoms with van der Waals surface area (Å²) in [6, 6.07) is 6.58. The molecule has 0 bridgehead atoms. The zero-order chi connectivity index (χ0) is 21.0. The third-order valence-electron chi connectivity index (χ3n) is 3.87. The predicted octanol–water partition coefficient (Wildman–Crippen LogP) is 2.72. The Hall–Kier alpha value is -3.21. The van der Waals surface area contributed by atoms with Crippen molar-refractivity contribution >= 4 is 5.97 Å². The standard InChI is InChI=1S/C18H18F3N5O3/c1-25(2)7-8-28-16(27)14-9-22-26(11-14)10-12-3-5-13(6-4-12)15-23-17(29-24-15)18(19,20)21/h3-6,9,11H,7-8,10H2,1-2H3. The maximum absolute atomic E-state index is 12.5. The van der Waals surface area contributed by atoms with E-state index in [0.717, 1.165) is 5.56 Å². The first-order valence-electron chi connectivity index (χ1n) is 8.57. The Morgan fingerprint density at radius 2 is 1.97 bits per heavy atom. The van der Waals surface area contributed by atoms with Gasteiger partial charge < -0.3 is 14.2 Å². The maximum Gasteiger partial charge on any atom is 0.471 e. The van der Waals surface area contributed by atoms with Crippen molar-refractivity contribution in [2.75, 3.05) is 27.2 Å². The van der Waals surface area contributed by atoms with Crippen LogP contribution in [0.2, 0.25) is 0 Å². The van der Waals surface area contributed by atoms with Gasteiger partial charge in [-0.25, -0.2) is 4.79 Å². The van der Waals surface area contributed by atoms with E-state index in [-0.39, 0.29) is 12.4 Å². The number of ether oxygens (including phenoxy) is 1. The van der Waals surface area contributed by atoms with Gasteiger partial charge in [-0.3, -0.25) is 4.68 Å². The van der Waals surface area contributed by atoms with Gasteiger partial charge in [-0.05, 0) is 19.7 Å². The first-order valence-corrected chi connectivity index (χ1v) is 8.57. The highest BCUT2D eigenvalue weighted by Gasteiger charge is 2.38. The minimum absolute atomic E-state index is 0.147. The number of carbonyl (C=O) groups excluding carboxylic acids is 1. The molecule has 0 N–H and O–H groups in total. The summed E-state index contributed by atoms with van der Waals surface area (Å²) in [5.41, 5.74) is 1.55. The molecule has 3 rings (SSSR count). The summed E-state index contributed by atoms with van der Waals surface area (Å²) >= 11 is 0. The van der Waals surface area contributed by atoms with E-state index in [9.17, 15) is 18.0 Å². The quantitative estimate of drug-likeness (QED) is 0.555. The van der Waals surface area contributed by atoms with E-state index in [2.05, 4.69) is 19.8 Å². The van der Waals surface area contributed by atoms with Crippen molar-refractivity contribution in [1.29, 1.82) is 0 Å². The summed E-state index contributed by atoms with van der Waals surface area (Å²) in [5, 5.41) is 7.47. The molecule has 3 aromatic rings. The lowest BCUT2D eigenvalue weighted by Crippen LogP contribution is -2.20. The summed E-state index contributed by atoms with van der Waals surface area (Å²) in [7, 11) is 3.76. The summed E-state index contributed by atoms with van der Waals surface area (Å²) in [6.07, 6.45) is -1.69. The highest BCUT2D eigenvalue weighted by atomic mass is 19.4. The number of alkyl halides is 3. The van der Waals surface area contributed by atoms with Gasteiger partial charge in [0.05, 0.1) is 18.3 Å². The Labute approximate surface area is 163 Å².